The van der Waals surface area contributed by atoms with Crippen LogP contribution in [0.25, 0.3) is 0 Å². The molecule has 4 nitrogen and oxygen atoms in total. The average molecular weight is 408 g/mol. The third-order valence-corrected chi connectivity index (χ3v) is 5.43. The van der Waals surface area contributed by atoms with Gasteiger partial charge >= 0.3 is 0 Å². The smallest absolute Gasteiger partial charge is 0.230 e. The molecule has 144 valence electrons. The van der Waals surface area contributed by atoms with Crippen LogP contribution in [0.2, 0.25) is 0 Å². The van der Waals surface area contributed by atoms with Crippen LogP contribution in [0, 0.1) is 0 Å². The number of nitrogens with two attached hydrogens (primary N) is 1. The molecule has 0 spiro atoms. The monoisotopic (exact) mass is 407 g/mol. The molecule has 0 radical (unpaired) electrons. The van der Waals surface area contributed by atoms with Crippen molar-refractivity contribution in [1.29, 1.82) is 0 Å². The number of nitrogens with one attached hydrogen (secondary N) is 1. The second kappa shape index (κ2) is 12.7. The zero-order valence-corrected chi connectivity index (χ0v) is 17.6. The van der Waals surface area contributed by atoms with Gasteiger partial charge in [0.1, 0.15) is 0 Å². The lowest BCUT2D eigenvalue weighted by molar-refractivity contribution is -0.119. The van der Waals surface area contributed by atoms with Crippen molar-refractivity contribution in [3.05, 3.63) is 29.3 Å². The molecule has 25 heavy (non-hydrogen) atoms. The molecule has 3 N–H and O–H groups in total. The molecular weight excluding hydrogens is 377 g/mol. The Bertz CT molecular complexity index is 527. The third kappa shape index (κ3) is 7.65. The lowest BCUT2D eigenvalue weighted by atomic mass is 9.87. The number of hydrogen-bond donors (Lipinski definition) is 2. The van der Waals surface area contributed by atoms with Crippen LogP contribution in [-0.4, -0.2) is 41.9 Å². The van der Waals surface area contributed by atoms with Crippen LogP contribution < -0.4 is 11.1 Å². The van der Waals surface area contributed by atoms with Gasteiger partial charge in [0.25, 0.3) is 0 Å². The highest BCUT2D eigenvalue weighted by atomic mass is 35.5. The molecule has 7 heteroatoms. The molecule has 0 saturated carbocycles. The van der Waals surface area contributed by atoms with E-state index in [9.17, 15) is 4.79 Å². The zero-order chi connectivity index (χ0) is 16.7. The summed E-state index contributed by atoms with van der Waals surface area (Å²) in [6, 6.07) is 6.20. The van der Waals surface area contributed by atoms with Gasteiger partial charge in [-0.25, -0.2) is 0 Å². The third-order valence-electron chi connectivity index (χ3n) is 4.50. The fraction of sp³-hybridized carbons (Fsp3) is 0.611. The molecule has 0 bridgehead atoms. The maximum absolute atomic E-state index is 12.2. The molecule has 1 unspecified atom stereocenters. The molecule has 1 aliphatic carbocycles. The average Bonchev–Trinajstić information content (AvgIpc) is 2.55. The van der Waals surface area contributed by atoms with Crippen LogP contribution in [0.1, 0.15) is 43.9 Å². The molecule has 1 aromatic rings. The van der Waals surface area contributed by atoms with Gasteiger partial charge in [-0.2, -0.15) is 11.8 Å². The quantitative estimate of drug-likeness (QED) is 0.509. The molecular formula is C18H31Cl2N3OS. The number of carbonyl (C=O) groups excluding carboxylic acids is 1. The highest BCUT2D eigenvalue weighted by Crippen LogP contribution is 2.30. The van der Waals surface area contributed by atoms with E-state index in [1.165, 1.54) is 11.1 Å². The Hall–Kier alpha value is -0.620. The number of thioether (sulfide) groups is 1. The van der Waals surface area contributed by atoms with Gasteiger partial charge in [0, 0.05) is 18.0 Å². The predicted octanol–water partition coefficient (Wildman–Crippen LogP) is 3.68. The maximum atomic E-state index is 12.2. The Labute approximate surface area is 168 Å². The number of fused-ring (bicyclic) bond motifs is 1. The van der Waals surface area contributed by atoms with Gasteiger partial charge in [-0.1, -0.05) is 19.9 Å². The maximum Gasteiger partial charge on any atom is 0.230 e. The van der Waals surface area contributed by atoms with E-state index in [0.29, 0.717) is 5.75 Å². The minimum absolute atomic E-state index is 0. The molecule has 1 aliphatic rings. The molecule has 1 atom stereocenters. The summed E-state index contributed by atoms with van der Waals surface area (Å²) < 4.78 is 0. The number of nitrogens with zero attached hydrogens (tertiary/aromatic N) is 1. The summed E-state index contributed by atoms with van der Waals surface area (Å²) in [5.41, 5.74) is 9.20. The van der Waals surface area contributed by atoms with Crippen molar-refractivity contribution in [2.75, 3.05) is 36.9 Å². The van der Waals surface area contributed by atoms with E-state index in [0.717, 1.165) is 50.3 Å². The second-order valence-corrected chi connectivity index (χ2v) is 7.16. The largest absolute Gasteiger partial charge is 0.399 e. The number of aryl methyl sites for hydroxylation is 1. The van der Waals surface area contributed by atoms with Gasteiger partial charge in [0.15, 0.2) is 0 Å². The van der Waals surface area contributed by atoms with Crippen molar-refractivity contribution in [2.24, 2.45) is 0 Å². The highest BCUT2D eigenvalue weighted by Gasteiger charge is 2.21. The van der Waals surface area contributed by atoms with Crippen LogP contribution in [0.15, 0.2) is 18.2 Å². The number of amides is 1. The predicted molar refractivity (Wildman–Crippen MR) is 114 cm³/mol. The van der Waals surface area contributed by atoms with E-state index in [2.05, 4.69) is 30.1 Å². The summed E-state index contributed by atoms with van der Waals surface area (Å²) in [6.07, 6.45) is 3.19. The molecule has 0 fully saturated rings. The van der Waals surface area contributed by atoms with E-state index >= 15 is 0 Å². The molecule has 0 aromatic heterocycles. The molecule has 1 amide bonds. The Morgan fingerprint density at radius 3 is 2.72 bits per heavy atom. The summed E-state index contributed by atoms with van der Waals surface area (Å²) >= 11 is 1.72. The van der Waals surface area contributed by atoms with Gasteiger partial charge < -0.3 is 16.0 Å². The minimum atomic E-state index is 0. The topological polar surface area (TPSA) is 58.4 Å². The molecule has 2 rings (SSSR count). The summed E-state index contributed by atoms with van der Waals surface area (Å²) in [6.45, 7) is 7.55. The first-order valence-electron chi connectivity index (χ1n) is 8.61. The fourth-order valence-electron chi connectivity index (χ4n) is 3.12. The number of nitrogen functional groups attached to an aromatic ring is 1. The Morgan fingerprint density at radius 2 is 2.04 bits per heavy atom. The lowest BCUT2D eigenvalue weighted by Crippen LogP contribution is -2.32. The minimum Gasteiger partial charge on any atom is -0.399 e. The number of carbonyl (C=O) groups is 1. The summed E-state index contributed by atoms with van der Waals surface area (Å²) in [5, 5.41) is 3.20. The molecule has 1 aromatic carbocycles. The van der Waals surface area contributed by atoms with Crippen molar-refractivity contribution in [2.45, 2.75) is 39.2 Å². The zero-order valence-electron chi connectivity index (χ0n) is 15.1. The summed E-state index contributed by atoms with van der Waals surface area (Å²) in [5.74, 6) is 1.69. The van der Waals surface area contributed by atoms with Crippen LogP contribution in [-0.2, 0) is 11.2 Å². The molecule has 0 saturated heterocycles. The SMILES string of the molecule is CCN(CC)CCSCC(=O)NC1CCCc2cc(N)ccc21.Cl.Cl. The van der Waals surface area contributed by atoms with E-state index in [-0.39, 0.29) is 36.8 Å². The van der Waals surface area contributed by atoms with E-state index in [1.807, 2.05) is 12.1 Å². The first-order chi connectivity index (χ1) is 11.1. The highest BCUT2D eigenvalue weighted by molar-refractivity contribution is 7.99. The first-order valence-corrected chi connectivity index (χ1v) is 9.77. The van der Waals surface area contributed by atoms with E-state index in [1.54, 1.807) is 11.8 Å². The van der Waals surface area contributed by atoms with Gasteiger partial charge in [0.2, 0.25) is 5.91 Å². The Morgan fingerprint density at radius 1 is 1.32 bits per heavy atom. The second-order valence-electron chi connectivity index (χ2n) is 6.05. The number of rotatable bonds is 8. The van der Waals surface area contributed by atoms with Gasteiger partial charge in [-0.3, -0.25) is 4.79 Å². The van der Waals surface area contributed by atoms with Gasteiger partial charge in [-0.05, 0) is 55.6 Å². The van der Waals surface area contributed by atoms with Crippen LogP contribution in [0.5, 0.6) is 0 Å². The first kappa shape index (κ1) is 24.4. The van der Waals surface area contributed by atoms with Crippen molar-refractivity contribution in [1.82, 2.24) is 10.2 Å². The Kier molecular flexibility index (Phi) is 12.4. The van der Waals surface area contributed by atoms with Gasteiger partial charge in [0.05, 0.1) is 11.8 Å². The number of benzene rings is 1. The molecule has 0 heterocycles. The van der Waals surface area contributed by atoms with Gasteiger partial charge in [-0.15, -0.1) is 24.8 Å². The lowest BCUT2D eigenvalue weighted by Gasteiger charge is -2.26. The van der Waals surface area contributed by atoms with E-state index in [4.69, 9.17) is 5.73 Å². The van der Waals surface area contributed by atoms with Crippen molar-refractivity contribution < 1.29 is 4.79 Å². The van der Waals surface area contributed by atoms with Crippen LogP contribution in [0.3, 0.4) is 0 Å². The fourth-order valence-corrected chi connectivity index (χ4v) is 3.92. The number of anilines is 1. The van der Waals surface area contributed by atoms with Crippen LogP contribution >= 0.6 is 36.6 Å². The van der Waals surface area contributed by atoms with Crippen molar-refractivity contribution in [3.8, 4) is 0 Å². The van der Waals surface area contributed by atoms with E-state index < -0.39 is 0 Å². The standard InChI is InChI=1S/C18H29N3OS.2ClH/c1-3-21(4-2)10-11-23-13-18(22)20-17-7-5-6-14-12-15(19)8-9-16(14)17;;/h8-9,12,17H,3-7,10-11,13,19H2,1-2H3,(H,20,22);2*1H. The summed E-state index contributed by atoms with van der Waals surface area (Å²) in [4.78, 5) is 14.6. The normalized spacial score (nSPS) is 15.7. The number of halogens is 2. The van der Waals surface area contributed by atoms with Crippen molar-refractivity contribution in [3.63, 3.8) is 0 Å². The number of hydrogen-bond acceptors (Lipinski definition) is 4. The Balaban J connectivity index is 0.00000288. The van der Waals surface area contributed by atoms with Crippen LogP contribution in [0.4, 0.5) is 5.69 Å². The molecule has 0 aliphatic heterocycles. The van der Waals surface area contributed by atoms with Crippen molar-refractivity contribution >= 4 is 48.2 Å². The summed E-state index contributed by atoms with van der Waals surface area (Å²) in [7, 11) is 0.